The summed E-state index contributed by atoms with van der Waals surface area (Å²) in [5.74, 6) is -5.01. The number of ether oxygens (including phenoxy) is 3. The maximum Gasteiger partial charge on any atom is 0.260 e. The molecule has 7 rings (SSSR count). The Balaban J connectivity index is 1.53. The number of hydrogen-bond donors (Lipinski definition) is 3. The number of benzene rings is 3. The number of anilines is 1. The van der Waals surface area contributed by atoms with E-state index in [0.29, 0.717) is 27.5 Å². The van der Waals surface area contributed by atoms with Crippen LogP contribution in [0, 0.1) is 23.7 Å². The minimum atomic E-state index is -1.62. The van der Waals surface area contributed by atoms with Crippen LogP contribution in [0.5, 0.6) is 23.0 Å². The van der Waals surface area contributed by atoms with Crippen LogP contribution < -0.4 is 25.0 Å². The first-order valence-electron chi connectivity index (χ1n) is 15.3. The molecule has 4 amide bonds. The number of hydrazine groups is 1. The molecule has 2 aliphatic heterocycles. The third kappa shape index (κ3) is 4.55. The maximum atomic E-state index is 15.3. The molecule has 3 N–H and O–H groups in total. The zero-order valence-corrected chi connectivity index (χ0v) is 27.6. The number of imide groups is 2. The Labute approximate surface area is 285 Å². The van der Waals surface area contributed by atoms with Gasteiger partial charge in [0.05, 0.1) is 55.2 Å². The molecular formula is C35H31Cl2N3O8. The highest BCUT2D eigenvalue weighted by Crippen LogP contribution is 2.66. The Bertz CT molecular complexity index is 1890. The van der Waals surface area contributed by atoms with E-state index in [-0.39, 0.29) is 46.7 Å². The van der Waals surface area contributed by atoms with Crippen LogP contribution in [0.2, 0.25) is 10.0 Å². The van der Waals surface area contributed by atoms with Gasteiger partial charge in [0.25, 0.3) is 11.8 Å². The molecule has 0 bridgehead atoms. The minimum absolute atomic E-state index is 0.0933. The molecule has 248 valence electrons. The Morgan fingerprint density at radius 1 is 0.896 bits per heavy atom. The second kappa shape index (κ2) is 11.7. The molecule has 3 aromatic carbocycles. The molecule has 0 spiro atoms. The SMILES string of the molecule is COc1ccc([C@@]23C(=O)N(Nc4ccc(Cl)cc4Cl)C(=O)[C@@H]2C[C@@H]2C(=CC[C@@H]4C(=O)NC(=O)[C@@H]42)[C@@H]3c2c(OC)cc(O)cc2OC)cc1. The molecule has 3 aromatic rings. The highest BCUT2D eigenvalue weighted by molar-refractivity contribution is 6.36. The lowest BCUT2D eigenvalue weighted by atomic mass is 9.49. The summed E-state index contributed by atoms with van der Waals surface area (Å²) in [4.78, 5) is 56.3. The number of allylic oxidation sites excluding steroid dienone is 2. The number of methoxy groups -OCH3 is 3. The van der Waals surface area contributed by atoms with E-state index in [4.69, 9.17) is 37.4 Å². The number of halogens is 2. The average Bonchev–Trinajstić information content (AvgIpc) is 3.49. The molecule has 2 aliphatic carbocycles. The summed E-state index contributed by atoms with van der Waals surface area (Å²) in [5, 5.41) is 14.6. The third-order valence-electron chi connectivity index (χ3n) is 10.2. The number of amides is 4. The fourth-order valence-electron chi connectivity index (χ4n) is 8.28. The van der Waals surface area contributed by atoms with E-state index in [1.165, 1.54) is 39.5 Å². The topological polar surface area (TPSA) is 144 Å². The van der Waals surface area contributed by atoms with Crippen molar-refractivity contribution in [1.29, 1.82) is 0 Å². The van der Waals surface area contributed by atoms with Gasteiger partial charge < -0.3 is 19.3 Å². The smallest absolute Gasteiger partial charge is 0.260 e. The van der Waals surface area contributed by atoms with E-state index in [1.807, 2.05) is 6.08 Å². The van der Waals surface area contributed by atoms with Gasteiger partial charge in [-0.2, -0.15) is 5.01 Å². The van der Waals surface area contributed by atoms with Gasteiger partial charge in [-0.3, -0.25) is 29.9 Å². The zero-order chi connectivity index (χ0) is 34.1. The molecule has 48 heavy (non-hydrogen) atoms. The first-order chi connectivity index (χ1) is 23.0. The van der Waals surface area contributed by atoms with Crippen LogP contribution in [0.1, 0.15) is 29.9 Å². The van der Waals surface area contributed by atoms with Crippen LogP contribution in [-0.2, 0) is 24.6 Å². The Morgan fingerprint density at radius 3 is 2.21 bits per heavy atom. The number of carbonyl (C=O) groups is 4. The van der Waals surface area contributed by atoms with Crippen LogP contribution in [0.3, 0.4) is 0 Å². The number of nitrogens with zero attached hydrogens (tertiary/aromatic N) is 1. The summed E-state index contributed by atoms with van der Waals surface area (Å²) in [5.41, 5.74) is 3.22. The van der Waals surface area contributed by atoms with Crippen LogP contribution in [0.15, 0.2) is 66.2 Å². The number of rotatable bonds is 7. The molecule has 2 heterocycles. The Kier molecular flexibility index (Phi) is 7.79. The quantitative estimate of drug-likeness (QED) is 0.230. The zero-order valence-electron chi connectivity index (χ0n) is 26.1. The van der Waals surface area contributed by atoms with Crippen molar-refractivity contribution in [3.63, 3.8) is 0 Å². The van der Waals surface area contributed by atoms with Gasteiger partial charge in [-0.25, -0.2) is 0 Å². The minimum Gasteiger partial charge on any atom is -0.508 e. The van der Waals surface area contributed by atoms with Gasteiger partial charge in [-0.05, 0) is 54.7 Å². The van der Waals surface area contributed by atoms with Gasteiger partial charge in [0.2, 0.25) is 11.8 Å². The number of nitrogens with one attached hydrogen (secondary N) is 2. The van der Waals surface area contributed by atoms with E-state index >= 15 is 4.79 Å². The summed E-state index contributed by atoms with van der Waals surface area (Å²) in [7, 11) is 4.39. The predicted molar refractivity (Wildman–Crippen MR) is 175 cm³/mol. The molecule has 13 heteroatoms. The van der Waals surface area contributed by atoms with Gasteiger partial charge in [0.1, 0.15) is 23.0 Å². The number of fused-ring (bicyclic) bond motifs is 4. The van der Waals surface area contributed by atoms with E-state index < -0.39 is 52.7 Å². The summed E-state index contributed by atoms with van der Waals surface area (Å²) >= 11 is 12.6. The van der Waals surface area contributed by atoms with Crippen molar-refractivity contribution < 1.29 is 38.5 Å². The van der Waals surface area contributed by atoms with Crippen molar-refractivity contribution in [2.75, 3.05) is 26.8 Å². The largest absolute Gasteiger partial charge is 0.508 e. The van der Waals surface area contributed by atoms with Crippen LogP contribution in [-0.4, -0.2) is 55.1 Å². The summed E-state index contributed by atoms with van der Waals surface area (Å²) in [6, 6.07) is 14.4. The highest BCUT2D eigenvalue weighted by Gasteiger charge is 2.70. The number of phenolic OH excluding ortho intramolecular Hbond substituents is 1. The monoisotopic (exact) mass is 691 g/mol. The number of carbonyl (C=O) groups excluding carboxylic acids is 4. The average molecular weight is 693 g/mol. The van der Waals surface area contributed by atoms with Crippen LogP contribution in [0.4, 0.5) is 5.69 Å². The Hall–Kier alpha value is -4.74. The summed E-state index contributed by atoms with van der Waals surface area (Å²) in [6.07, 6.45) is 2.25. The fraction of sp³-hybridized carbons (Fsp3) is 0.314. The maximum absolute atomic E-state index is 15.3. The molecule has 3 fully saturated rings. The second-order valence-electron chi connectivity index (χ2n) is 12.3. The normalized spacial score (nSPS) is 27.5. The molecule has 2 saturated heterocycles. The molecule has 11 nitrogen and oxygen atoms in total. The first-order valence-corrected chi connectivity index (χ1v) is 16.0. The van der Waals surface area contributed by atoms with Gasteiger partial charge in [-0.1, -0.05) is 47.0 Å². The lowest BCUT2D eigenvalue weighted by Crippen LogP contribution is -2.53. The Morgan fingerprint density at radius 2 is 1.58 bits per heavy atom. The van der Waals surface area contributed by atoms with Crippen molar-refractivity contribution in [3.05, 3.63) is 87.4 Å². The van der Waals surface area contributed by atoms with Crippen molar-refractivity contribution in [2.45, 2.75) is 24.2 Å². The van der Waals surface area contributed by atoms with Crippen molar-refractivity contribution in [1.82, 2.24) is 10.3 Å². The summed E-state index contributed by atoms with van der Waals surface area (Å²) in [6.45, 7) is 0. The molecule has 0 aromatic heterocycles. The van der Waals surface area contributed by atoms with Crippen LogP contribution >= 0.6 is 23.2 Å². The standard InChI is InChI=1S/C35H31Cl2N3O8/c1-46-19-7-4-16(5-8-19)35-23(33(44)40(34(35)45)39-25-11-6-17(36)12-24(25)37)15-22-20(9-10-21-28(22)32(43)38-31(21)42)30(35)29-26(47-2)13-18(41)14-27(29)48-3/h4-9,11-14,21-23,28,30,39,41H,10,15H2,1-3H3,(H,38,42,43)/t21-,22+,23-,28-,30+,35+/m0/s1. The van der Waals surface area contributed by atoms with Gasteiger partial charge in [0, 0.05) is 28.6 Å². The van der Waals surface area contributed by atoms with Gasteiger partial charge >= 0.3 is 0 Å². The number of phenols is 1. The fourth-order valence-corrected chi connectivity index (χ4v) is 8.73. The second-order valence-corrected chi connectivity index (χ2v) is 13.2. The highest BCUT2D eigenvalue weighted by atomic mass is 35.5. The lowest BCUT2D eigenvalue weighted by Gasteiger charge is -2.51. The van der Waals surface area contributed by atoms with E-state index in [2.05, 4.69) is 10.7 Å². The predicted octanol–water partition coefficient (Wildman–Crippen LogP) is 5.00. The van der Waals surface area contributed by atoms with Gasteiger partial charge in [0.15, 0.2) is 0 Å². The lowest BCUT2D eigenvalue weighted by molar-refractivity contribution is -0.138. The van der Waals surface area contributed by atoms with Crippen LogP contribution in [0.25, 0.3) is 0 Å². The van der Waals surface area contributed by atoms with Gasteiger partial charge in [-0.15, -0.1) is 0 Å². The van der Waals surface area contributed by atoms with Crippen molar-refractivity contribution in [2.24, 2.45) is 23.7 Å². The van der Waals surface area contributed by atoms with Crippen molar-refractivity contribution in [3.8, 4) is 23.0 Å². The molecule has 0 unspecified atom stereocenters. The van der Waals surface area contributed by atoms with E-state index in [0.717, 1.165) is 5.01 Å². The molecular weight excluding hydrogens is 661 g/mol. The molecule has 0 radical (unpaired) electrons. The molecule has 1 saturated carbocycles. The third-order valence-corrected chi connectivity index (χ3v) is 10.8. The first kappa shape index (κ1) is 31.8. The van der Waals surface area contributed by atoms with Crippen molar-refractivity contribution >= 4 is 52.5 Å². The molecule has 6 atom stereocenters. The number of aromatic hydroxyl groups is 1. The van der Waals surface area contributed by atoms with E-state index in [9.17, 15) is 19.5 Å². The molecule has 4 aliphatic rings. The van der Waals surface area contributed by atoms with E-state index in [1.54, 1.807) is 36.4 Å². The number of hydrogen-bond acceptors (Lipinski definition) is 9. The summed E-state index contributed by atoms with van der Waals surface area (Å²) < 4.78 is 17.1.